The minimum atomic E-state index is -0.450. The molecule has 0 aliphatic heterocycles. The molecule has 0 saturated carbocycles. The van der Waals surface area contributed by atoms with Crippen LogP contribution in [0.4, 0.5) is 0 Å². The van der Waals surface area contributed by atoms with Crippen molar-refractivity contribution in [3.05, 3.63) is 59.7 Å². The number of carbonyl (C=O) groups excluding carboxylic acids is 1. The molecule has 0 bridgehead atoms. The number of hydrogen-bond acceptors (Lipinski definition) is 3. The average molecular weight is 242 g/mol. The summed E-state index contributed by atoms with van der Waals surface area (Å²) < 4.78 is 0. The van der Waals surface area contributed by atoms with Gasteiger partial charge in [0.05, 0.1) is 6.61 Å². The second-order valence-electron chi connectivity index (χ2n) is 3.88. The Bertz CT molecular complexity index is 567. The third-order valence-electron chi connectivity index (χ3n) is 2.74. The van der Waals surface area contributed by atoms with Gasteiger partial charge >= 0.3 is 0 Å². The first-order valence-corrected chi connectivity index (χ1v) is 5.53. The zero-order chi connectivity index (χ0) is 13.0. The quantitative estimate of drug-likeness (QED) is 0.803. The lowest BCUT2D eigenvalue weighted by Gasteiger charge is -2.11. The van der Waals surface area contributed by atoms with Gasteiger partial charge in [-0.25, -0.2) is 5.90 Å². The maximum atomic E-state index is 11.4. The van der Waals surface area contributed by atoms with Crippen molar-refractivity contribution in [2.24, 2.45) is 11.6 Å². The van der Waals surface area contributed by atoms with Crippen LogP contribution in [0.5, 0.6) is 0 Å². The van der Waals surface area contributed by atoms with E-state index in [1.54, 1.807) is 12.1 Å². The van der Waals surface area contributed by atoms with Crippen LogP contribution in [0.2, 0.25) is 0 Å². The molecule has 0 aliphatic carbocycles. The molecule has 0 fully saturated rings. The molecule has 1 amide bonds. The predicted molar refractivity (Wildman–Crippen MR) is 69.4 cm³/mol. The highest BCUT2D eigenvalue weighted by Crippen LogP contribution is 2.27. The van der Waals surface area contributed by atoms with Gasteiger partial charge in [0.1, 0.15) is 0 Å². The number of nitrogens with two attached hydrogens (primary N) is 2. The van der Waals surface area contributed by atoms with E-state index in [0.29, 0.717) is 5.56 Å². The lowest BCUT2D eigenvalue weighted by atomic mass is 9.95. The van der Waals surface area contributed by atoms with Crippen molar-refractivity contribution in [1.82, 2.24) is 0 Å². The monoisotopic (exact) mass is 242 g/mol. The first kappa shape index (κ1) is 12.3. The first-order valence-electron chi connectivity index (χ1n) is 5.53. The summed E-state index contributed by atoms with van der Waals surface area (Å²) in [6.45, 7) is 0.281. The van der Waals surface area contributed by atoms with Crippen molar-refractivity contribution >= 4 is 5.91 Å². The van der Waals surface area contributed by atoms with Gasteiger partial charge in [-0.05, 0) is 22.8 Å². The van der Waals surface area contributed by atoms with Gasteiger partial charge in [0.2, 0.25) is 5.91 Å². The molecule has 0 saturated heterocycles. The Hall–Kier alpha value is -2.17. The van der Waals surface area contributed by atoms with Crippen LogP contribution in [0.3, 0.4) is 0 Å². The highest BCUT2D eigenvalue weighted by atomic mass is 16.6. The molecule has 0 spiro atoms. The minimum Gasteiger partial charge on any atom is -0.366 e. The highest BCUT2D eigenvalue weighted by molar-refractivity contribution is 6.00. The summed E-state index contributed by atoms with van der Waals surface area (Å²) in [5, 5.41) is 0. The molecule has 0 heterocycles. The molecule has 0 aromatic heterocycles. The maximum absolute atomic E-state index is 11.4. The maximum Gasteiger partial charge on any atom is 0.249 e. The van der Waals surface area contributed by atoms with Gasteiger partial charge in [0, 0.05) is 5.56 Å². The summed E-state index contributed by atoms with van der Waals surface area (Å²) in [5.41, 5.74) is 8.47. The molecule has 92 valence electrons. The number of amides is 1. The lowest BCUT2D eigenvalue weighted by Crippen LogP contribution is -2.12. The number of hydrogen-bond donors (Lipinski definition) is 2. The van der Waals surface area contributed by atoms with E-state index in [2.05, 4.69) is 4.84 Å². The van der Waals surface area contributed by atoms with Gasteiger partial charge in [0.15, 0.2) is 0 Å². The van der Waals surface area contributed by atoms with Gasteiger partial charge in [-0.15, -0.1) is 0 Å². The van der Waals surface area contributed by atoms with E-state index < -0.39 is 5.91 Å². The van der Waals surface area contributed by atoms with Crippen LogP contribution >= 0.6 is 0 Å². The molecule has 2 aromatic carbocycles. The molecular formula is C14H14N2O2. The predicted octanol–water partition coefficient (Wildman–Crippen LogP) is 1.84. The first-order chi connectivity index (χ1) is 8.74. The smallest absolute Gasteiger partial charge is 0.249 e. The second kappa shape index (κ2) is 5.44. The van der Waals surface area contributed by atoms with E-state index in [4.69, 9.17) is 11.6 Å². The Morgan fingerprint density at radius 3 is 2.28 bits per heavy atom. The number of benzene rings is 2. The largest absolute Gasteiger partial charge is 0.366 e. The Morgan fingerprint density at radius 2 is 1.61 bits per heavy atom. The number of carbonyl (C=O) groups is 1. The Balaban J connectivity index is 2.58. The van der Waals surface area contributed by atoms with E-state index in [9.17, 15) is 4.79 Å². The van der Waals surface area contributed by atoms with Crippen LogP contribution in [-0.4, -0.2) is 5.91 Å². The van der Waals surface area contributed by atoms with Crippen molar-refractivity contribution in [2.75, 3.05) is 0 Å². The van der Waals surface area contributed by atoms with Crippen LogP contribution in [0.1, 0.15) is 15.9 Å². The second-order valence-corrected chi connectivity index (χ2v) is 3.88. The van der Waals surface area contributed by atoms with Crippen LogP contribution in [0.25, 0.3) is 11.1 Å². The van der Waals surface area contributed by atoms with Crippen molar-refractivity contribution in [3.8, 4) is 11.1 Å². The number of primary amides is 1. The molecule has 0 atom stereocenters. The zero-order valence-electron chi connectivity index (χ0n) is 9.80. The van der Waals surface area contributed by atoms with Crippen molar-refractivity contribution < 1.29 is 9.63 Å². The third kappa shape index (κ3) is 2.40. The van der Waals surface area contributed by atoms with Crippen LogP contribution in [0, 0.1) is 0 Å². The molecule has 4 nitrogen and oxygen atoms in total. The summed E-state index contributed by atoms with van der Waals surface area (Å²) in [6, 6.07) is 14.8. The van der Waals surface area contributed by atoms with E-state index in [0.717, 1.165) is 16.7 Å². The number of rotatable bonds is 4. The molecule has 18 heavy (non-hydrogen) atoms. The molecular weight excluding hydrogens is 228 g/mol. The highest BCUT2D eigenvalue weighted by Gasteiger charge is 2.11. The summed E-state index contributed by atoms with van der Waals surface area (Å²) in [4.78, 5) is 16.1. The van der Waals surface area contributed by atoms with Gasteiger partial charge in [-0.2, -0.15) is 0 Å². The van der Waals surface area contributed by atoms with E-state index in [1.807, 2.05) is 36.4 Å². The topological polar surface area (TPSA) is 78.3 Å². The summed E-state index contributed by atoms with van der Waals surface area (Å²) in [6.07, 6.45) is 0. The Morgan fingerprint density at radius 1 is 1.00 bits per heavy atom. The molecule has 4 heteroatoms. The minimum absolute atomic E-state index is 0.281. The lowest BCUT2D eigenvalue weighted by molar-refractivity contribution is 0.100. The Labute approximate surface area is 105 Å². The van der Waals surface area contributed by atoms with E-state index in [1.165, 1.54) is 0 Å². The van der Waals surface area contributed by atoms with Crippen molar-refractivity contribution in [3.63, 3.8) is 0 Å². The SMILES string of the molecule is NOCc1ccccc1-c1ccccc1C(N)=O. The summed E-state index contributed by atoms with van der Waals surface area (Å²) in [7, 11) is 0. The van der Waals surface area contributed by atoms with Crippen LogP contribution in [-0.2, 0) is 11.4 Å². The van der Waals surface area contributed by atoms with E-state index >= 15 is 0 Å². The molecule has 0 unspecified atom stereocenters. The molecule has 2 aromatic rings. The van der Waals surface area contributed by atoms with Gasteiger partial charge in [0.25, 0.3) is 0 Å². The fraction of sp³-hybridized carbons (Fsp3) is 0.0714. The molecule has 4 N–H and O–H groups in total. The molecule has 0 aliphatic rings. The fourth-order valence-electron chi connectivity index (χ4n) is 1.93. The van der Waals surface area contributed by atoms with Gasteiger partial charge in [-0.3, -0.25) is 9.63 Å². The van der Waals surface area contributed by atoms with Crippen LogP contribution in [0.15, 0.2) is 48.5 Å². The van der Waals surface area contributed by atoms with E-state index in [-0.39, 0.29) is 6.61 Å². The van der Waals surface area contributed by atoms with Crippen LogP contribution < -0.4 is 11.6 Å². The molecule has 2 rings (SSSR count). The van der Waals surface area contributed by atoms with Crippen molar-refractivity contribution in [1.29, 1.82) is 0 Å². The Kier molecular flexibility index (Phi) is 3.72. The zero-order valence-corrected chi connectivity index (χ0v) is 9.80. The van der Waals surface area contributed by atoms with Crippen molar-refractivity contribution in [2.45, 2.75) is 6.61 Å². The normalized spacial score (nSPS) is 10.3. The standard InChI is InChI=1S/C14H14N2O2/c15-14(17)13-8-4-3-7-12(13)11-6-2-1-5-10(11)9-18-16/h1-8H,9,16H2,(H2,15,17). The summed E-state index contributed by atoms with van der Waals surface area (Å²) >= 11 is 0. The molecule has 0 radical (unpaired) electrons. The fourth-order valence-corrected chi connectivity index (χ4v) is 1.93. The average Bonchev–Trinajstić information content (AvgIpc) is 2.40. The van der Waals surface area contributed by atoms with Gasteiger partial charge in [-0.1, -0.05) is 42.5 Å². The summed E-state index contributed by atoms with van der Waals surface area (Å²) in [5.74, 6) is 4.66. The third-order valence-corrected chi connectivity index (χ3v) is 2.74. The van der Waals surface area contributed by atoms with Gasteiger partial charge < -0.3 is 5.73 Å².